The highest BCUT2D eigenvalue weighted by molar-refractivity contribution is 7.99. The molecule has 5 heteroatoms. The predicted molar refractivity (Wildman–Crippen MR) is 62.3 cm³/mol. The van der Waals surface area contributed by atoms with Crippen LogP contribution in [0.2, 0.25) is 0 Å². The quantitative estimate of drug-likeness (QED) is 0.781. The van der Waals surface area contributed by atoms with Gasteiger partial charge < -0.3 is 0 Å². The first-order chi connectivity index (χ1) is 8.61. The summed E-state index contributed by atoms with van der Waals surface area (Å²) in [6.07, 6.45) is 0.351. The summed E-state index contributed by atoms with van der Waals surface area (Å²) in [5.41, 5.74) is -0.0946. The van der Waals surface area contributed by atoms with Crippen LogP contribution >= 0.6 is 11.8 Å². The Bertz CT molecular complexity index is 576. The molecule has 0 bridgehead atoms. The van der Waals surface area contributed by atoms with Crippen LogP contribution in [-0.2, 0) is 0 Å². The smallest absolute Gasteiger partial charge is 0.150 e. The Labute approximate surface area is 106 Å². The standard InChI is InChI=1S/C13H7F3OS/c14-9-3-1-2-4-12(9)18-13-10(15)5-8(7-17)6-11(13)16/h1-7H. The summed E-state index contributed by atoms with van der Waals surface area (Å²) >= 11 is 0.646. The van der Waals surface area contributed by atoms with Gasteiger partial charge in [-0.05, 0) is 24.3 Å². The molecule has 2 aromatic rings. The van der Waals surface area contributed by atoms with Gasteiger partial charge in [0.05, 0.1) is 4.90 Å². The van der Waals surface area contributed by atoms with E-state index in [0.717, 1.165) is 12.1 Å². The minimum Gasteiger partial charge on any atom is -0.298 e. The fourth-order valence-corrected chi connectivity index (χ4v) is 2.23. The van der Waals surface area contributed by atoms with E-state index in [1.54, 1.807) is 6.07 Å². The van der Waals surface area contributed by atoms with Crippen molar-refractivity contribution in [3.63, 3.8) is 0 Å². The largest absolute Gasteiger partial charge is 0.298 e. The van der Waals surface area contributed by atoms with E-state index in [9.17, 15) is 18.0 Å². The molecule has 0 aliphatic rings. The lowest BCUT2D eigenvalue weighted by Crippen LogP contribution is -1.92. The van der Waals surface area contributed by atoms with E-state index in [1.807, 2.05) is 0 Å². The van der Waals surface area contributed by atoms with Crippen LogP contribution in [0.15, 0.2) is 46.2 Å². The van der Waals surface area contributed by atoms with Crippen molar-refractivity contribution >= 4 is 18.0 Å². The summed E-state index contributed by atoms with van der Waals surface area (Å²) < 4.78 is 40.5. The zero-order valence-corrected chi connectivity index (χ0v) is 9.81. The van der Waals surface area contributed by atoms with E-state index in [4.69, 9.17) is 0 Å². The molecule has 0 radical (unpaired) electrons. The summed E-state index contributed by atoms with van der Waals surface area (Å²) in [5, 5.41) is 0. The SMILES string of the molecule is O=Cc1cc(F)c(Sc2ccccc2F)c(F)c1. The van der Waals surface area contributed by atoms with Gasteiger partial charge in [0.2, 0.25) is 0 Å². The molecular weight excluding hydrogens is 261 g/mol. The first kappa shape index (κ1) is 12.7. The topological polar surface area (TPSA) is 17.1 Å². The van der Waals surface area contributed by atoms with E-state index in [1.165, 1.54) is 18.2 Å². The predicted octanol–water partition coefficient (Wildman–Crippen LogP) is 4.07. The third-order valence-electron chi connectivity index (χ3n) is 2.21. The average molecular weight is 268 g/mol. The Morgan fingerprint density at radius 2 is 1.56 bits per heavy atom. The van der Waals surface area contributed by atoms with Gasteiger partial charge in [-0.15, -0.1) is 0 Å². The van der Waals surface area contributed by atoms with Crippen LogP contribution in [0.5, 0.6) is 0 Å². The van der Waals surface area contributed by atoms with Crippen LogP contribution in [0, 0.1) is 17.5 Å². The third-order valence-corrected chi connectivity index (χ3v) is 3.35. The van der Waals surface area contributed by atoms with Crippen molar-refractivity contribution in [1.29, 1.82) is 0 Å². The molecule has 0 aliphatic heterocycles. The maximum Gasteiger partial charge on any atom is 0.150 e. The van der Waals surface area contributed by atoms with Crippen molar-refractivity contribution < 1.29 is 18.0 Å². The van der Waals surface area contributed by atoms with Gasteiger partial charge in [0.15, 0.2) is 0 Å². The van der Waals surface area contributed by atoms with Crippen LogP contribution < -0.4 is 0 Å². The molecule has 1 nitrogen and oxygen atoms in total. The van der Waals surface area contributed by atoms with E-state index in [0.29, 0.717) is 18.0 Å². The number of aldehydes is 1. The molecule has 0 aliphatic carbocycles. The lowest BCUT2D eigenvalue weighted by atomic mass is 10.2. The van der Waals surface area contributed by atoms with E-state index in [2.05, 4.69) is 0 Å². The Hall–Kier alpha value is -1.75. The minimum absolute atomic E-state index is 0.0946. The van der Waals surface area contributed by atoms with Gasteiger partial charge in [-0.3, -0.25) is 4.79 Å². The highest BCUT2D eigenvalue weighted by atomic mass is 32.2. The van der Waals surface area contributed by atoms with Gasteiger partial charge in [0.1, 0.15) is 23.7 Å². The summed E-state index contributed by atoms with van der Waals surface area (Å²) in [6.45, 7) is 0. The Balaban J connectivity index is 2.41. The second-order valence-electron chi connectivity index (χ2n) is 3.46. The van der Waals surface area contributed by atoms with Gasteiger partial charge in [0.25, 0.3) is 0 Å². The van der Waals surface area contributed by atoms with Crippen LogP contribution in [0.1, 0.15) is 10.4 Å². The number of carbonyl (C=O) groups is 1. The highest BCUT2D eigenvalue weighted by Crippen LogP contribution is 2.33. The van der Waals surface area contributed by atoms with E-state index >= 15 is 0 Å². The zero-order valence-electron chi connectivity index (χ0n) is 8.99. The molecule has 0 saturated heterocycles. The Morgan fingerprint density at radius 1 is 0.944 bits per heavy atom. The van der Waals surface area contributed by atoms with Gasteiger partial charge in [-0.2, -0.15) is 0 Å². The lowest BCUT2D eigenvalue weighted by Gasteiger charge is -2.06. The molecule has 18 heavy (non-hydrogen) atoms. The lowest BCUT2D eigenvalue weighted by molar-refractivity contribution is 0.112. The van der Waals surface area contributed by atoms with Gasteiger partial charge >= 0.3 is 0 Å². The monoisotopic (exact) mass is 268 g/mol. The van der Waals surface area contributed by atoms with Gasteiger partial charge in [-0.1, -0.05) is 23.9 Å². The van der Waals surface area contributed by atoms with Gasteiger partial charge in [0, 0.05) is 10.5 Å². The maximum absolute atomic E-state index is 13.6. The zero-order chi connectivity index (χ0) is 13.1. The van der Waals surface area contributed by atoms with E-state index in [-0.39, 0.29) is 15.4 Å². The van der Waals surface area contributed by atoms with Crippen molar-refractivity contribution in [2.75, 3.05) is 0 Å². The van der Waals surface area contributed by atoms with Crippen LogP contribution in [-0.4, -0.2) is 6.29 Å². The second-order valence-corrected chi connectivity index (χ2v) is 4.52. The first-order valence-corrected chi connectivity index (χ1v) is 5.80. The molecule has 0 N–H and O–H groups in total. The normalized spacial score (nSPS) is 10.4. The van der Waals surface area contributed by atoms with E-state index < -0.39 is 17.5 Å². The average Bonchev–Trinajstić information content (AvgIpc) is 2.35. The summed E-state index contributed by atoms with van der Waals surface area (Å²) in [6, 6.07) is 7.52. The molecule has 0 amide bonds. The van der Waals surface area contributed by atoms with Crippen molar-refractivity contribution in [3.05, 3.63) is 59.4 Å². The minimum atomic E-state index is -0.884. The number of rotatable bonds is 3. The number of halogens is 3. The molecule has 0 saturated carbocycles. The molecule has 0 unspecified atom stereocenters. The molecule has 0 aromatic heterocycles. The fraction of sp³-hybridized carbons (Fsp3) is 0. The molecule has 92 valence electrons. The van der Waals surface area contributed by atoms with Crippen molar-refractivity contribution in [3.8, 4) is 0 Å². The fourth-order valence-electron chi connectivity index (χ4n) is 1.38. The molecule has 0 atom stereocenters. The van der Waals surface area contributed by atoms with Crippen LogP contribution in [0.4, 0.5) is 13.2 Å². The van der Waals surface area contributed by atoms with Crippen molar-refractivity contribution in [1.82, 2.24) is 0 Å². The third kappa shape index (κ3) is 2.56. The first-order valence-electron chi connectivity index (χ1n) is 4.98. The number of hydrogen-bond donors (Lipinski definition) is 0. The van der Waals surface area contributed by atoms with Crippen LogP contribution in [0.3, 0.4) is 0 Å². The molecule has 2 rings (SSSR count). The summed E-state index contributed by atoms with van der Waals surface area (Å²) in [4.78, 5) is 10.2. The van der Waals surface area contributed by atoms with Crippen molar-refractivity contribution in [2.24, 2.45) is 0 Å². The number of hydrogen-bond acceptors (Lipinski definition) is 2. The molecular formula is C13H7F3OS. The van der Waals surface area contributed by atoms with Crippen LogP contribution in [0.25, 0.3) is 0 Å². The number of carbonyl (C=O) groups excluding carboxylic acids is 1. The number of benzene rings is 2. The summed E-state index contributed by atoms with van der Waals surface area (Å²) in [5.74, 6) is -2.32. The molecule has 0 heterocycles. The Kier molecular flexibility index (Phi) is 3.72. The Morgan fingerprint density at radius 3 is 2.11 bits per heavy atom. The second kappa shape index (κ2) is 5.27. The summed E-state index contributed by atoms with van der Waals surface area (Å²) in [7, 11) is 0. The molecule has 0 spiro atoms. The van der Waals surface area contributed by atoms with Gasteiger partial charge in [-0.25, -0.2) is 13.2 Å². The molecule has 2 aromatic carbocycles. The van der Waals surface area contributed by atoms with Crippen molar-refractivity contribution in [2.45, 2.75) is 9.79 Å². The highest BCUT2D eigenvalue weighted by Gasteiger charge is 2.14. The maximum atomic E-state index is 13.6. The molecule has 0 fully saturated rings.